The molecule has 0 saturated heterocycles. The Balaban J connectivity index is 1.83. The number of benzene rings is 2. The molecule has 1 heterocycles. The summed E-state index contributed by atoms with van der Waals surface area (Å²) < 4.78 is 53.8. The molecule has 0 fully saturated rings. The normalized spacial score (nSPS) is 17.5. The van der Waals surface area contributed by atoms with Crippen molar-refractivity contribution in [2.45, 2.75) is 29.5 Å². The largest absolute Gasteiger partial charge is 0.493 e. The lowest BCUT2D eigenvalue weighted by Crippen LogP contribution is -2.12. The Kier molecular flexibility index (Phi) is 5.15. The van der Waals surface area contributed by atoms with Crippen LogP contribution in [0.15, 0.2) is 47.4 Å². The zero-order chi connectivity index (χ0) is 18.0. The Morgan fingerprint density at radius 1 is 1.16 bits per heavy atom. The molecule has 0 spiro atoms. The fourth-order valence-electron chi connectivity index (χ4n) is 2.74. The van der Waals surface area contributed by atoms with Crippen LogP contribution < -0.4 is 10.1 Å². The fourth-order valence-corrected chi connectivity index (χ4v) is 3.62. The second-order valence-electron chi connectivity index (χ2n) is 5.70. The lowest BCUT2D eigenvalue weighted by molar-refractivity contribution is 0.234. The lowest BCUT2D eigenvalue weighted by atomic mass is 10.0. The summed E-state index contributed by atoms with van der Waals surface area (Å²) in [5.74, 6) is -2.72. The third-order valence-electron chi connectivity index (χ3n) is 4.00. The highest BCUT2D eigenvalue weighted by Gasteiger charge is 2.26. The van der Waals surface area contributed by atoms with Crippen LogP contribution in [0.2, 0.25) is 5.02 Å². The first-order chi connectivity index (χ1) is 11.9. The van der Waals surface area contributed by atoms with E-state index in [9.17, 15) is 17.2 Å². The molecule has 0 amide bonds. The number of fused-ring (bicyclic) bond motifs is 1. The monoisotopic (exact) mass is 387 g/mol. The quantitative estimate of drug-likeness (QED) is 0.828. The molecular formula is C17H16ClF2NO3S. The molecule has 3 rings (SSSR count). The van der Waals surface area contributed by atoms with Gasteiger partial charge in [0, 0.05) is 16.3 Å². The Bertz CT molecular complexity index is 857. The predicted molar refractivity (Wildman–Crippen MR) is 92.2 cm³/mol. The van der Waals surface area contributed by atoms with E-state index in [1.165, 1.54) is 24.3 Å². The average Bonchev–Trinajstić information content (AvgIpc) is 2.77. The minimum Gasteiger partial charge on any atom is -0.493 e. The van der Waals surface area contributed by atoms with E-state index in [0.717, 1.165) is 18.4 Å². The molecule has 134 valence electrons. The van der Waals surface area contributed by atoms with Crippen LogP contribution in [0.4, 0.5) is 14.5 Å². The summed E-state index contributed by atoms with van der Waals surface area (Å²) in [5.41, 5.74) is 1.59. The third kappa shape index (κ3) is 3.88. The highest BCUT2D eigenvalue weighted by atomic mass is 35.5. The van der Waals surface area contributed by atoms with Crippen molar-refractivity contribution in [3.8, 4) is 5.75 Å². The Hall–Kier alpha value is -1.86. The molecule has 1 N–H and O–H groups in total. The van der Waals surface area contributed by atoms with E-state index in [2.05, 4.69) is 5.32 Å². The number of hydrogen-bond donors (Lipinski definition) is 1. The van der Waals surface area contributed by atoms with Crippen LogP contribution in [0.3, 0.4) is 0 Å². The smallest absolute Gasteiger partial charge is 0.341 e. The number of hydrogen-bond acceptors (Lipinski definition) is 4. The molecule has 1 aliphatic rings. The first kappa shape index (κ1) is 17.9. The van der Waals surface area contributed by atoms with Crippen molar-refractivity contribution >= 4 is 27.1 Å². The molecule has 0 saturated carbocycles. The summed E-state index contributed by atoms with van der Waals surface area (Å²) in [6.45, 7) is 0.580. The van der Waals surface area contributed by atoms with E-state index in [4.69, 9.17) is 16.3 Å². The van der Waals surface area contributed by atoms with E-state index in [1.54, 1.807) is 12.1 Å². The van der Waals surface area contributed by atoms with Gasteiger partial charge in [-0.05, 0) is 49.2 Å². The second-order valence-corrected chi connectivity index (χ2v) is 8.05. The summed E-state index contributed by atoms with van der Waals surface area (Å²) in [4.78, 5) is -0.399. The first-order valence-corrected chi connectivity index (χ1v) is 9.61. The number of nitrogens with one attached hydrogen (secondary N) is 1. The number of sulfone groups is 1. The standard InChI is InChI=1S/C17H16ClF2NO3S/c18-11-3-8-14-15(2-1-9-24-16(14)10-11)21-12-4-6-13(7-5-12)25(22,23)17(19)20/h3-8,10,15,17,21H,1-2,9H2. The van der Waals surface area contributed by atoms with Gasteiger partial charge in [0.1, 0.15) is 5.75 Å². The summed E-state index contributed by atoms with van der Waals surface area (Å²) in [6.07, 6.45) is 1.65. The van der Waals surface area contributed by atoms with E-state index >= 15 is 0 Å². The van der Waals surface area contributed by atoms with E-state index < -0.39 is 20.5 Å². The number of halogens is 3. The maximum atomic E-state index is 12.6. The van der Waals surface area contributed by atoms with Gasteiger partial charge in [-0.3, -0.25) is 0 Å². The summed E-state index contributed by atoms with van der Waals surface area (Å²) in [5, 5.41) is 3.88. The third-order valence-corrected chi connectivity index (χ3v) is 5.64. The van der Waals surface area contributed by atoms with Crippen LogP contribution in [-0.2, 0) is 9.84 Å². The van der Waals surface area contributed by atoms with E-state index in [0.29, 0.717) is 23.1 Å². The van der Waals surface area contributed by atoms with Crippen molar-refractivity contribution in [1.82, 2.24) is 0 Å². The zero-order valence-electron chi connectivity index (χ0n) is 13.1. The molecule has 1 unspecified atom stereocenters. The van der Waals surface area contributed by atoms with Crippen LogP contribution in [-0.4, -0.2) is 20.8 Å². The van der Waals surface area contributed by atoms with Crippen molar-refractivity contribution in [1.29, 1.82) is 0 Å². The molecule has 0 radical (unpaired) electrons. The SMILES string of the molecule is O=S(=O)(c1ccc(NC2CCCOc3cc(Cl)ccc32)cc1)C(F)F. The zero-order valence-corrected chi connectivity index (χ0v) is 14.7. The summed E-state index contributed by atoms with van der Waals surface area (Å²) in [6, 6.07) is 10.7. The van der Waals surface area contributed by atoms with Gasteiger partial charge in [-0.15, -0.1) is 0 Å². The van der Waals surface area contributed by atoms with Gasteiger partial charge in [-0.1, -0.05) is 17.7 Å². The topological polar surface area (TPSA) is 55.4 Å². The molecule has 1 atom stereocenters. The van der Waals surface area contributed by atoms with Crippen LogP contribution >= 0.6 is 11.6 Å². The minimum atomic E-state index is -4.58. The first-order valence-electron chi connectivity index (χ1n) is 7.69. The van der Waals surface area contributed by atoms with Gasteiger partial charge in [-0.25, -0.2) is 8.42 Å². The molecule has 0 aliphatic carbocycles. The minimum absolute atomic E-state index is 0.0488. The van der Waals surface area contributed by atoms with Gasteiger partial charge < -0.3 is 10.1 Å². The predicted octanol–water partition coefficient (Wildman–Crippen LogP) is 4.66. The fraction of sp³-hybridized carbons (Fsp3) is 0.294. The molecule has 2 aromatic rings. The van der Waals surface area contributed by atoms with E-state index in [-0.39, 0.29) is 6.04 Å². The molecule has 0 bridgehead atoms. The summed E-state index contributed by atoms with van der Waals surface area (Å²) >= 11 is 6.00. The number of ether oxygens (including phenoxy) is 1. The van der Waals surface area contributed by atoms with Crippen molar-refractivity contribution < 1.29 is 21.9 Å². The van der Waals surface area contributed by atoms with Crippen molar-refractivity contribution in [2.75, 3.05) is 11.9 Å². The molecular weight excluding hydrogens is 372 g/mol. The van der Waals surface area contributed by atoms with Crippen molar-refractivity contribution in [2.24, 2.45) is 0 Å². The lowest BCUT2D eigenvalue weighted by Gasteiger charge is -2.20. The summed E-state index contributed by atoms with van der Waals surface area (Å²) in [7, 11) is -4.58. The van der Waals surface area contributed by atoms with Crippen LogP contribution in [0, 0.1) is 0 Å². The molecule has 2 aromatic carbocycles. The van der Waals surface area contributed by atoms with Crippen molar-refractivity contribution in [3.63, 3.8) is 0 Å². The van der Waals surface area contributed by atoms with Gasteiger partial charge in [-0.2, -0.15) is 8.78 Å². The molecule has 4 nitrogen and oxygen atoms in total. The highest BCUT2D eigenvalue weighted by molar-refractivity contribution is 7.91. The number of alkyl halides is 2. The molecule has 0 aromatic heterocycles. The van der Waals surface area contributed by atoms with Gasteiger partial charge in [0.15, 0.2) is 0 Å². The van der Waals surface area contributed by atoms with Gasteiger partial charge in [0.25, 0.3) is 0 Å². The van der Waals surface area contributed by atoms with Crippen LogP contribution in [0.5, 0.6) is 5.75 Å². The second kappa shape index (κ2) is 7.17. The van der Waals surface area contributed by atoms with E-state index in [1.807, 2.05) is 6.07 Å². The molecule has 1 aliphatic heterocycles. The Morgan fingerprint density at radius 3 is 2.56 bits per heavy atom. The van der Waals surface area contributed by atoms with Gasteiger partial charge in [0.2, 0.25) is 9.84 Å². The maximum Gasteiger partial charge on any atom is 0.341 e. The van der Waals surface area contributed by atoms with Gasteiger partial charge >= 0.3 is 5.76 Å². The van der Waals surface area contributed by atoms with Crippen molar-refractivity contribution in [3.05, 3.63) is 53.1 Å². The number of anilines is 1. The highest BCUT2D eigenvalue weighted by Crippen LogP contribution is 2.35. The number of rotatable bonds is 4. The molecule has 8 heteroatoms. The van der Waals surface area contributed by atoms with Crippen LogP contribution in [0.1, 0.15) is 24.4 Å². The Labute approximate surface area is 149 Å². The van der Waals surface area contributed by atoms with Crippen LogP contribution in [0.25, 0.3) is 0 Å². The average molecular weight is 388 g/mol. The Morgan fingerprint density at radius 2 is 1.88 bits per heavy atom. The molecule has 25 heavy (non-hydrogen) atoms. The van der Waals surface area contributed by atoms with Gasteiger partial charge in [0.05, 0.1) is 17.5 Å². The maximum absolute atomic E-state index is 12.6.